The van der Waals surface area contributed by atoms with Crippen molar-refractivity contribution in [1.82, 2.24) is 4.98 Å². The predicted octanol–water partition coefficient (Wildman–Crippen LogP) is 3.95. The lowest BCUT2D eigenvalue weighted by Gasteiger charge is -2.28. The number of benzene rings is 1. The molecule has 0 radical (unpaired) electrons. The Morgan fingerprint density at radius 1 is 1.16 bits per heavy atom. The van der Waals surface area contributed by atoms with Gasteiger partial charge in [-0.15, -0.1) is 0 Å². The van der Waals surface area contributed by atoms with Crippen molar-refractivity contribution >= 4 is 17.4 Å². The SMILES string of the molecule is O=C(Nc1ccc(N2CCCCC2)cn1)[C@@H]1C[C@H]1c1cccc(F)c1. The van der Waals surface area contributed by atoms with Crippen molar-refractivity contribution in [3.8, 4) is 0 Å². The summed E-state index contributed by atoms with van der Waals surface area (Å²) in [5.41, 5.74) is 2.01. The van der Waals surface area contributed by atoms with E-state index >= 15 is 0 Å². The number of halogens is 1. The van der Waals surface area contributed by atoms with Gasteiger partial charge in [0.1, 0.15) is 11.6 Å². The summed E-state index contributed by atoms with van der Waals surface area (Å²) in [6.07, 6.45) is 6.34. The molecule has 1 saturated heterocycles. The van der Waals surface area contributed by atoms with Crippen molar-refractivity contribution in [1.29, 1.82) is 0 Å². The number of amides is 1. The Kier molecular flexibility index (Phi) is 4.38. The number of pyridine rings is 1. The number of nitrogens with one attached hydrogen (secondary N) is 1. The van der Waals surface area contributed by atoms with E-state index < -0.39 is 0 Å². The first-order valence-corrected chi connectivity index (χ1v) is 8.98. The van der Waals surface area contributed by atoms with Gasteiger partial charge >= 0.3 is 0 Å². The first-order chi connectivity index (χ1) is 12.2. The summed E-state index contributed by atoms with van der Waals surface area (Å²) >= 11 is 0. The van der Waals surface area contributed by atoms with Gasteiger partial charge < -0.3 is 10.2 Å². The molecule has 2 aromatic rings. The largest absolute Gasteiger partial charge is 0.370 e. The lowest BCUT2D eigenvalue weighted by atomic mass is 10.1. The summed E-state index contributed by atoms with van der Waals surface area (Å²) in [6.45, 7) is 2.15. The fourth-order valence-electron chi connectivity index (χ4n) is 3.61. The minimum Gasteiger partial charge on any atom is -0.370 e. The first kappa shape index (κ1) is 16.1. The summed E-state index contributed by atoms with van der Waals surface area (Å²) in [5.74, 6) is 0.315. The predicted molar refractivity (Wildman–Crippen MR) is 96.2 cm³/mol. The van der Waals surface area contributed by atoms with Gasteiger partial charge in [-0.25, -0.2) is 9.37 Å². The van der Waals surface area contributed by atoms with E-state index in [9.17, 15) is 9.18 Å². The Morgan fingerprint density at radius 3 is 2.72 bits per heavy atom. The number of piperidine rings is 1. The van der Waals surface area contributed by atoms with Gasteiger partial charge in [0.2, 0.25) is 5.91 Å². The van der Waals surface area contributed by atoms with E-state index in [1.54, 1.807) is 6.07 Å². The van der Waals surface area contributed by atoms with Crippen LogP contribution in [0.4, 0.5) is 15.9 Å². The van der Waals surface area contributed by atoms with Gasteiger partial charge in [-0.05, 0) is 61.4 Å². The molecular weight excluding hydrogens is 317 g/mol. The van der Waals surface area contributed by atoms with Gasteiger partial charge in [0, 0.05) is 19.0 Å². The quantitative estimate of drug-likeness (QED) is 0.917. The van der Waals surface area contributed by atoms with Gasteiger partial charge in [0.05, 0.1) is 11.9 Å². The van der Waals surface area contributed by atoms with E-state index in [4.69, 9.17) is 0 Å². The third-order valence-electron chi connectivity index (χ3n) is 5.12. The summed E-state index contributed by atoms with van der Waals surface area (Å²) in [4.78, 5) is 19.1. The maximum absolute atomic E-state index is 13.3. The average molecular weight is 339 g/mol. The summed E-state index contributed by atoms with van der Waals surface area (Å²) in [6, 6.07) is 10.4. The van der Waals surface area contributed by atoms with E-state index in [1.165, 1.54) is 31.4 Å². The molecule has 0 spiro atoms. The van der Waals surface area contributed by atoms with E-state index in [-0.39, 0.29) is 23.6 Å². The second-order valence-electron chi connectivity index (χ2n) is 6.94. The molecule has 25 heavy (non-hydrogen) atoms. The van der Waals surface area contributed by atoms with Crippen molar-refractivity contribution in [3.63, 3.8) is 0 Å². The van der Waals surface area contributed by atoms with Crippen LogP contribution in [-0.2, 0) is 4.79 Å². The lowest BCUT2D eigenvalue weighted by Crippen LogP contribution is -2.29. The van der Waals surface area contributed by atoms with Crippen LogP contribution in [0.5, 0.6) is 0 Å². The van der Waals surface area contributed by atoms with Crippen LogP contribution in [0, 0.1) is 11.7 Å². The zero-order chi connectivity index (χ0) is 17.2. The number of aromatic nitrogens is 1. The number of rotatable bonds is 4. The smallest absolute Gasteiger partial charge is 0.229 e. The lowest BCUT2D eigenvalue weighted by molar-refractivity contribution is -0.117. The zero-order valence-electron chi connectivity index (χ0n) is 14.1. The van der Waals surface area contributed by atoms with Crippen LogP contribution < -0.4 is 10.2 Å². The number of anilines is 2. The molecule has 1 aromatic carbocycles. The minimum atomic E-state index is -0.251. The van der Waals surface area contributed by atoms with Crippen molar-refractivity contribution in [3.05, 3.63) is 54.0 Å². The molecular formula is C20H22FN3O. The molecule has 130 valence electrons. The molecule has 1 amide bonds. The van der Waals surface area contributed by atoms with E-state index in [2.05, 4.69) is 15.2 Å². The number of nitrogens with zero attached hydrogens (tertiary/aromatic N) is 2. The molecule has 2 aliphatic rings. The van der Waals surface area contributed by atoms with E-state index in [0.717, 1.165) is 30.8 Å². The molecule has 1 aliphatic heterocycles. The van der Waals surface area contributed by atoms with E-state index in [1.807, 2.05) is 24.4 Å². The Labute approximate surface area is 147 Å². The summed E-state index contributed by atoms with van der Waals surface area (Å²) in [5, 5.41) is 2.89. The average Bonchev–Trinajstić information content (AvgIpc) is 3.44. The molecule has 5 heteroatoms. The monoisotopic (exact) mass is 339 g/mol. The molecule has 1 N–H and O–H groups in total. The fraction of sp³-hybridized carbons (Fsp3) is 0.400. The fourth-order valence-corrected chi connectivity index (χ4v) is 3.61. The topological polar surface area (TPSA) is 45.2 Å². The highest BCUT2D eigenvalue weighted by molar-refractivity contribution is 5.94. The Hall–Kier alpha value is -2.43. The standard InChI is InChI=1S/C20H22FN3O/c21-15-6-4-5-14(11-15)17-12-18(17)20(25)23-19-8-7-16(13-22-19)24-9-2-1-3-10-24/h4-8,11,13,17-18H,1-3,9-10,12H2,(H,22,23,25)/t17-,18+/m0/s1. The van der Waals surface area contributed by atoms with Crippen LogP contribution in [0.25, 0.3) is 0 Å². The summed E-state index contributed by atoms with van der Waals surface area (Å²) < 4.78 is 13.3. The van der Waals surface area contributed by atoms with Gasteiger partial charge in [-0.2, -0.15) is 0 Å². The third-order valence-corrected chi connectivity index (χ3v) is 5.12. The molecule has 2 atom stereocenters. The van der Waals surface area contributed by atoms with Crippen molar-refractivity contribution in [2.24, 2.45) is 5.92 Å². The van der Waals surface area contributed by atoms with Crippen LogP contribution >= 0.6 is 0 Å². The second-order valence-corrected chi connectivity index (χ2v) is 6.94. The Morgan fingerprint density at radius 2 is 2.00 bits per heavy atom. The molecule has 1 saturated carbocycles. The number of carbonyl (C=O) groups is 1. The first-order valence-electron chi connectivity index (χ1n) is 8.98. The Balaban J connectivity index is 1.35. The minimum absolute atomic E-state index is 0.0347. The molecule has 4 nitrogen and oxygen atoms in total. The highest BCUT2D eigenvalue weighted by atomic mass is 19.1. The van der Waals surface area contributed by atoms with Crippen LogP contribution in [-0.4, -0.2) is 24.0 Å². The molecule has 4 rings (SSSR count). The van der Waals surface area contributed by atoms with Gasteiger partial charge in [0.15, 0.2) is 0 Å². The van der Waals surface area contributed by atoms with Gasteiger partial charge in [-0.3, -0.25) is 4.79 Å². The third kappa shape index (κ3) is 3.65. The number of carbonyl (C=O) groups excluding carboxylic acids is 1. The van der Waals surface area contributed by atoms with Crippen LogP contribution in [0.15, 0.2) is 42.6 Å². The molecule has 1 aromatic heterocycles. The number of hydrogen-bond donors (Lipinski definition) is 1. The highest BCUT2D eigenvalue weighted by Crippen LogP contribution is 2.48. The van der Waals surface area contributed by atoms with Crippen LogP contribution in [0.3, 0.4) is 0 Å². The van der Waals surface area contributed by atoms with Crippen LogP contribution in [0.1, 0.15) is 37.2 Å². The van der Waals surface area contributed by atoms with E-state index in [0.29, 0.717) is 5.82 Å². The molecule has 2 heterocycles. The Bertz CT molecular complexity index is 756. The summed E-state index contributed by atoms with van der Waals surface area (Å²) in [7, 11) is 0. The van der Waals surface area contributed by atoms with Gasteiger partial charge in [0.25, 0.3) is 0 Å². The number of hydrogen-bond acceptors (Lipinski definition) is 3. The van der Waals surface area contributed by atoms with Crippen molar-refractivity contribution in [2.75, 3.05) is 23.3 Å². The second kappa shape index (κ2) is 6.82. The molecule has 0 bridgehead atoms. The van der Waals surface area contributed by atoms with Crippen LogP contribution in [0.2, 0.25) is 0 Å². The van der Waals surface area contributed by atoms with Crippen molar-refractivity contribution < 1.29 is 9.18 Å². The van der Waals surface area contributed by atoms with Crippen molar-refractivity contribution in [2.45, 2.75) is 31.6 Å². The van der Waals surface area contributed by atoms with Gasteiger partial charge in [-0.1, -0.05) is 12.1 Å². The maximum atomic E-state index is 13.3. The zero-order valence-corrected chi connectivity index (χ0v) is 14.1. The molecule has 2 fully saturated rings. The highest BCUT2D eigenvalue weighted by Gasteiger charge is 2.44. The molecule has 1 aliphatic carbocycles. The maximum Gasteiger partial charge on any atom is 0.229 e. The normalized spacial score (nSPS) is 22.5. The molecule has 0 unspecified atom stereocenters.